The summed E-state index contributed by atoms with van der Waals surface area (Å²) in [7, 11) is 0. The summed E-state index contributed by atoms with van der Waals surface area (Å²) in [6.45, 7) is 9.39. The highest BCUT2D eigenvalue weighted by atomic mass is 16.5. The van der Waals surface area contributed by atoms with Crippen molar-refractivity contribution in [3.8, 4) is 0 Å². The molecule has 8 nitrogen and oxygen atoms in total. The number of ether oxygens (including phenoxy) is 1. The minimum absolute atomic E-state index is 0.0730. The van der Waals surface area contributed by atoms with Gasteiger partial charge in [-0.15, -0.1) is 0 Å². The summed E-state index contributed by atoms with van der Waals surface area (Å²) in [5.41, 5.74) is 3.68. The average molecular weight is 438 g/mol. The summed E-state index contributed by atoms with van der Waals surface area (Å²) in [6.07, 6.45) is 5.54. The number of allylic oxidation sites excluding steroid dienone is 3. The van der Waals surface area contributed by atoms with Gasteiger partial charge in [0.1, 0.15) is 5.94 Å². The predicted molar refractivity (Wildman–Crippen MR) is 124 cm³/mol. The molecule has 1 amide bonds. The Balaban J connectivity index is 1.78. The Labute approximate surface area is 189 Å². The second kappa shape index (κ2) is 10.1. The monoisotopic (exact) mass is 437 g/mol. The number of carbonyl (C=O) groups is 1. The number of piperazine rings is 1. The Kier molecular flexibility index (Phi) is 7.05. The van der Waals surface area contributed by atoms with E-state index < -0.39 is 5.92 Å². The van der Waals surface area contributed by atoms with E-state index >= 15 is 0 Å². The summed E-state index contributed by atoms with van der Waals surface area (Å²) in [5.74, 6) is 1.43. The molecule has 8 heteroatoms. The number of nitrogens with zero attached hydrogens (tertiary/aromatic N) is 3. The lowest BCUT2D eigenvalue weighted by atomic mass is 9.85. The van der Waals surface area contributed by atoms with Gasteiger partial charge in [-0.25, -0.2) is 4.79 Å². The van der Waals surface area contributed by atoms with Gasteiger partial charge in [0.2, 0.25) is 5.91 Å². The number of pyridine rings is 1. The fourth-order valence-electron chi connectivity index (χ4n) is 4.43. The van der Waals surface area contributed by atoms with E-state index in [-0.39, 0.29) is 11.9 Å². The molecule has 0 bridgehead atoms. The third kappa shape index (κ3) is 4.63. The van der Waals surface area contributed by atoms with Crippen LogP contribution in [0.3, 0.4) is 0 Å². The second-order valence-corrected chi connectivity index (χ2v) is 8.49. The van der Waals surface area contributed by atoms with Gasteiger partial charge in [-0.2, -0.15) is 0 Å². The first-order chi connectivity index (χ1) is 15.6. The van der Waals surface area contributed by atoms with E-state index in [0.717, 1.165) is 48.8 Å². The van der Waals surface area contributed by atoms with Crippen molar-refractivity contribution in [2.75, 3.05) is 57.8 Å². The number of hydrogen-bond acceptors (Lipinski definition) is 7. The molecule has 0 radical (unpaired) electrons. The average Bonchev–Trinajstić information content (AvgIpc) is 2.84. The molecular formula is C24H31N5O3. The van der Waals surface area contributed by atoms with Gasteiger partial charge in [0.15, 0.2) is 0 Å². The zero-order valence-electron chi connectivity index (χ0n) is 18.8. The van der Waals surface area contributed by atoms with Gasteiger partial charge in [-0.05, 0) is 26.0 Å². The molecule has 4 rings (SSSR count). The Morgan fingerprint density at radius 2 is 2.00 bits per heavy atom. The summed E-state index contributed by atoms with van der Waals surface area (Å²) < 4.78 is 5.39. The first-order valence-electron chi connectivity index (χ1n) is 11.3. The van der Waals surface area contributed by atoms with E-state index in [2.05, 4.69) is 40.3 Å². The van der Waals surface area contributed by atoms with Crippen molar-refractivity contribution in [2.45, 2.75) is 19.9 Å². The predicted octanol–water partition coefficient (Wildman–Crippen LogP) is 1.32. The van der Waals surface area contributed by atoms with E-state index in [1.807, 2.05) is 24.3 Å². The van der Waals surface area contributed by atoms with Crippen LogP contribution in [0.25, 0.3) is 5.57 Å². The number of amides is 1. The molecular weight excluding hydrogens is 406 g/mol. The van der Waals surface area contributed by atoms with Crippen molar-refractivity contribution in [3.63, 3.8) is 0 Å². The van der Waals surface area contributed by atoms with E-state index in [9.17, 15) is 9.59 Å². The quantitative estimate of drug-likeness (QED) is 0.672. The lowest BCUT2D eigenvalue weighted by Gasteiger charge is -2.37. The smallest absolute Gasteiger partial charge is 0.234 e. The molecule has 2 fully saturated rings. The van der Waals surface area contributed by atoms with Gasteiger partial charge >= 0.3 is 0 Å². The molecule has 2 N–H and O–H groups in total. The van der Waals surface area contributed by atoms with Crippen LogP contribution in [0.15, 0.2) is 41.8 Å². The summed E-state index contributed by atoms with van der Waals surface area (Å²) in [5, 5.41) is 6.81. The van der Waals surface area contributed by atoms with Crippen LogP contribution >= 0.6 is 0 Å². The normalized spacial score (nSPS) is 21.7. The third-order valence-electron chi connectivity index (χ3n) is 5.92. The maximum Gasteiger partial charge on any atom is 0.234 e. The Morgan fingerprint density at radius 1 is 1.25 bits per heavy atom. The molecule has 1 aliphatic carbocycles. The number of carbonyl (C=O) groups excluding carboxylic acids is 2. The largest absolute Gasteiger partial charge is 0.381 e. The summed E-state index contributed by atoms with van der Waals surface area (Å²) in [6, 6.07) is 4.12. The van der Waals surface area contributed by atoms with Gasteiger partial charge in [0.05, 0.1) is 41.8 Å². The van der Waals surface area contributed by atoms with Gasteiger partial charge in [0.25, 0.3) is 0 Å². The molecule has 0 aromatic carbocycles. The fourth-order valence-corrected chi connectivity index (χ4v) is 4.43. The van der Waals surface area contributed by atoms with Crippen LogP contribution in [0, 0.1) is 5.92 Å². The molecule has 1 unspecified atom stereocenters. The van der Waals surface area contributed by atoms with Gasteiger partial charge in [-0.1, -0.05) is 12.2 Å². The fraction of sp³-hybridized carbons (Fsp3) is 0.500. The van der Waals surface area contributed by atoms with Crippen LogP contribution in [-0.4, -0.2) is 85.2 Å². The second-order valence-electron chi connectivity index (χ2n) is 8.49. The Hall–Kier alpha value is -2.93. The highest BCUT2D eigenvalue weighted by Gasteiger charge is 2.36. The maximum atomic E-state index is 13.3. The van der Waals surface area contributed by atoms with E-state index in [1.54, 1.807) is 11.1 Å². The van der Waals surface area contributed by atoms with Crippen LogP contribution < -0.4 is 10.6 Å². The van der Waals surface area contributed by atoms with Crippen molar-refractivity contribution < 1.29 is 14.3 Å². The highest BCUT2D eigenvalue weighted by molar-refractivity contribution is 5.95. The maximum absolute atomic E-state index is 13.3. The van der Waals surface area contributed by atoms with Crippen LogP contribution in [0.5, 0.6) is 0 Å². The molecule has 1 aromatic rings. The number of hydrogen-bond donors (Lipinski definition) is 2. The lowest BCUT2D eigenvalue weighted by Crippen LogP contribution is -2.47. The van der Waals surface area contributed by atoms with Crippen LogP contribution in [0.4, 0.5) is 5.69 Å². The van der Waals surface area contributed by atoms with Crippen LogP contribution in [0.1, 0.15) is 19.5 Å². The molecule has 1 atom stereocenters. The van der Waals surface area contributed by atoms with E-state index in [1.165, 1.54) is 0 Å². The molecule has 1 aromatic heterocycles. The van der Waals surface area contributed by atoms with Gasteiger partial charge in [0, 0.05) is 57.1 Å². The third-order valence-corrected chi connectivity index (χ3v) is 5.92. The zero-order valence-corrected chi connectivity index (χ0v) is 18.8. The molecule has 3 aliphatic rings. The highest BCUT2D eigenvalue weighted by Crippen LogP contribution is 2.38. The molecule has 170 valence electrons. The standard InChI is InChI=1S/C24H31N5O3/c1-17(2)27-21-4-3-7-26-22(21)19-6-5-18(24(31)29-12-14-32-15-13-29)20(16-30)23(19)28-10-8-25-9-11-28/h3-7,17-18,25,27H,8-15H2,1-2H3. The Bertz CT molecular complexity index is 952. The number of morpholine rings is 1. The number of nitrogens with one attached hydrogen (secondary N) is 2. The number of rotatable bonds is 5. The van der Waals surface area contributed by atoms with Crippen molar-refractivity contribution in [1.82, 2.24) is 20.1 Å². The summed E-state index contributed by atoms with van der Waals surface area (Å²) >= 11 is 0. The Morgan fingerprint density at radius 3 is 2.69 bits per heavy atom. The van der Waals surface area contributed by atoms with Crippen molar-refractivity contribution in [1.29, 1.82) is 0 Å². The topological polar surface area (TPSA) is 86.8 Å². The SMILES string of the molecule is CC(C)Nc1cccnc1C1=C(N2CCNCC2)C(=C=O)C(C(=O)N2CCOCC2)C=C1. The minimum Gasteiger partial charge on any atom is -0.381 e. The number of aromatic nitrogens is 1. The summed E-state index contributed by atoms with van der Waals surface area (Å²) in [4.78, 5) is 34.3. The molecule has 2 saturated heterocycles. The number of anilines is 1. The van der Waals surface area contributed by atoms with Gasteiger partial charge < -0.3 is 25.2 Å². The van der Waals surface area contributed by atoms with Gasteiger partial charge in [-0.3, -0.25) is 9.78 Å². The van der Waals surface area contributed by atoms with E-state index in [4.69, 9.17) is 4.74 Å². The first-order valence-corrected chi connectivity index (χ1v) is 11.3. The molecule has 2 aliphatic heterocycles. The first kappa shape index (κ1) is 22.3. The minimum atomic E-state index is -0.649. The lowest BCUT2D eigenvalue weighted by molar-refractivity contribution is -0.137. The molecule has 0 spiro atoms. The zero-order chi connectivity index (χ0) is 22.5. The molecule has 32 heavy (non-hydrogen) atoms. The molecule has 3 heterocycles. The van der Waals surface area contributed by atoms with Crippen molar-refractivity contribution in [3.05, 3.63) is 47.4 Å². The van der Waals surface area contributed by atoms with E-state index in [0.29, 0.717) is 31.9 Å². The van der Waals surface area contributed by atoms with Crippen molar-refractivity contribution in [2.24, 2.45) is 5.92 Å². The van der Waals surface area contributed by atoms with Crippen molar-refractivity contribution >= 4 is 23.1 Å². The molecule has 0 saturated carbocycles. The van der Waals surface area contributed by atoms with Crippen LogP contribution in [0.2, 0.25) is 0 Å². The van der Waals surface area contributed by atoms with Crippen LogP contribution in [-0.2, 0) is 14.3 Å².